The zero-order valence-electron chi connectivity index (χ0n) is 15.0. The minimum absolute atomic E-state index is 0.120. The van der Waals surface area contributed by atoms with Gasteiger partial charge in [-0.25, -0.2) is 0 Å². The van der Waals surface area contributed by atoms with Gasteiger partial charge in [-0.2, -0.15) is 0 Å². The molecular weight excluding hydrogens is 330 g/mol. The van der Waals surface area contributed by atoms with Crippen LogP contribution in [-0.4, -0.2) is 22.9 Å². The highest BCUT2D eigenvalue weighted by molar-refractivity contribution is 6.30. The van der Waals surface area contributed by atoms with Crippen LogP contribution in [0, 0.1) is 0 Å². The van der Waals surface area contributed by atoms with E-state index < -0.39 is 0 Å². The summed E-state index contributed by atoms with van der Waals surface area (Å²) in [4.78, 5) is 15.1. The lowest BCUT2D eigenvalue weighted by molar-refractivity contribution is 0.0545. The minimum atomic E-state index is 0.120. The largest absolute Gasteiger partial charge is 0.333 e. The van der Waals surface area contributed by atoms with E-state index in [4.69, 9.17) is 11.6 Å². The van der Waals surface area contributed by atoms with Gasteiger partial charge in [-0.05, 0) is 75.3 Å². The fraction of sp³-hybridized carbons (Fsp3) is 0.409. The number of hydrogen-bond donors (Lipinski definition) is 0. The van der Waals surface area contributed by atoms with Gasteiger partial charge in [-0.3, -0.25) is 4.79 Å². The quantitative estimate of drug-likeness (QED) is 0.666. The number of halogens is 1. The summed E-state index contributed by atoms with van der Waals surface area (Å²) in [5.41, 5.74) is 2.16. The fourth-order valence-corrected chi connectivity index (χ4v) is 4.10. The Morgan fingerprint density at radius 1 is 0.960 bits per heavy atom. The first-order valence-electron chi connectivity index (χ1n) is 9.19. The van der Waals surface area contributed by atoms with Crippen molar-refractivity contribution in [3.8, 4) is 0 Å². The van der Waals surface area contributed by atoms with Gasteiger partial charge in [0, 0.05) is 22.7 Å². The number of amides is 1. The van der Waals surface area contributed by atoms with Crippen LogP contribution in [0.5, 0.6) is 0 Å². The molecule has 0 unspecified atom stereocenters. The average molecular weight is 356 g/mol. The molecule has 0 atom stereocenters. The summed E-state index contributed by atoms with van der Waals surface area (Å²) in [6.07, 6.45) is 4.42. The van der Waals surface area contributed by atoms with Crippen molar-refractivity contribution >= 4 is 17.5 Å². The van der Waals surface area contributed by atoms with Gasteiger partial charge in [-0.15, -0.1) is 0 Å². The Morgan fingerprint density at radius 2 is 1.56 bits per heavy atom. The smallest absolute Gasteiger partial charge is 0.254 e. The molecule has 1 aliphatic rings. The number of carbonyl (C=O) groups is 1. The van der Waals surface area contributed by atoms with Gasteiger partial charge in [0.2, 0.25) is 0 Å². The first-order chi connectivity index (χ1) is 12.1. The van der Waals surface area contributed by atoms with E-state index in [1.807, 2.05) is 12.1 Å². The van der Waals surface area contributed by atoms with Crippen molar-refractivity contribution in [2.24, 2.45) is 0 Å². The Morgan fingerprint density at radius 3 is 2.12 bits per heavy atom. The molecule has 0 N–H and O–H groups in total. The van der Waals surface area contributed by atoms with Crippen molar-refractivity contribution in [3.63, 3.8) is 0 Å². The summed E-state index contributed by atoms with van der Waals surface area (Å²) in [6, 6.07) is 18.5. The first-order valence-corrected chi connectivity index (χ1v) is 9.57. The number of carbonyl (C=O) groups excluding carboxylic acids is 1. The molecule has 0 saturated heterocycles. The molecule has 25 heavy (non-hydrogen) atoms. The molecule has 1 saturated carbocycles. The second-order valence-corrected chi connectivity index (χ2v) is 7.67. The second kappa shape index (κ2) is 8.05. The molecule has 1 amide bonds. The highest BCUT2D eigenvalue weighted by Gasteiger charge is 2.31. The maximum Gasteiger partial charge on any atom is 0.254 e. The van der Waals surface area contributed by atoms with Crippen LogP contribution in [0.4, 0.5) is 0 Å². The molecule has 132 valence electrons. The van der Waals surface area contributed by atoms with Gasteiger partial charge in [0.15, 0.2) is 0 Å². The average Bonchev–Trinajstić information content (AvgIpc) is 2.63. The van der Waals surface area contributed by atoms with E-state index in [0.717, 1.165) is 31.2 Å². The molecule has 0 aliphatic heterocycles. The van der Waals surface area contributed by atoms with Gasteiger partial charge in [0.1, 0.15) is 0 Å². The maximum atomic E-state index is 13.0. The van der Waals surface area contributed by atoms with E-state index in [2.05, 4.69) is 49.1 Å². The van der Waals surface area contributed by atoms with Crippen LogP contribution < -0.4 is 0 Å². The van der Waals surface area contributed by atoms with Crippen LogP contribution in [0.25, 0.3) is 0 Å². The molecule has 0 radical (unpaired) electrons. The van der Waals surface area contributed by atoms with Crippen molar-refractivity contribution in [3.05, 3.63) is 70.7 Å². The first kappa shape index (κ1) is 18.0. The molecule has 3 rings (SSSR count). The van der Waals surface area contributed by atoms with Crippen molar-refractivity contribution in [2.75, 3.05) is 0 Å². The Labute approximate surface area is 155 Å². The molecule has 2 aromatic carbocycles. The molecule has 0 heterocycles. The van der Waals surface area contributed by atoms with Gasteiger partial charge in [-0.1, -0.05) is 41.9 Å². The number of nitrogens with zero attached hydrogens (tertiary/aromatic N) is 1. The molecule has 2 nitrogen and oxygen atoms in total. The van der Waals surface area contributed by atoms with Crippen molar-refractivity contribution in [1.82, 2.24) is 4.90 Å². The van der Waals surface area contributed by atoms with Crippen LogP contribution in [0.3, 0.4) is 0 Å². The maximum absolute atomic E-state index is 13.0. The Hall–Kier alpha value is -1.80. The molecule has 1 fully saturated rings. The molecule has 0 aromatic heterocycles. The third-order valence-corrected chi connectivity index (χ3v) is 5.50. The number of hydrogen-bond acceptors (Lipinski definition) is 1. The van der Waals surface area contributed by atoms with Crippen molar-refractivity contribution in [1.29, 1.82) is 0 Å². The van der Waals surface area contributed by atoms with Crippen LogP contribution in [0.15, 0.2) is 54.6 Å². The summed E-state index contributed by atoms with van der Waals surface area (Å²) >= 11 is 5.96. The molecule has 3 heteroatoms. The fourth-order valence-electron chi connectivity index (χ4n) is 3.98. The van der Waals surface area contributed by atoms with Gasteiger partial charge < -0.3 is 4.90 Å². The lowest BCUT2D eigenvalue weighted by Gasteiger charge is -2.39. The zero-order chi connectivity index (χ0) is 17.8. The summed E-state index contributed by atoms with van der Waals surface area (Å²) in [5, 5.41) is 0.663. The van der Waals surface area contributed by atoms with E-state index in [1.54, 1.807) is 12.1 Å². The van der Waals surface area contributed by atoms with E-state index in [0.29, 0.717) is 17.0 Å². The predicted octanol–water partition coefficient (Wildman–Crippen LogP) is 5.92. The Balaban J connectivity index is 1.70. The van der Waals surface area contributed by atoms with Crippen molar-refractivity contribution in [2.45, 2.75) is 57.5 Å². The SMILES string of the molecule is CC(C)N(C(=O)c1ccc(Cl)cc1)[C@H]1CC[C@H](c2ccccc2)CC1. The normalized spacial score (nSPS) is 20.5. The number of benzene rings is 2. The van der Waals surface area contributed by atoms with Crippen LogP contribution in [-0.2, 0) is 0 Å². The zero-order valence-corrected chi connectivity index (χ0v) is 15.7. The van der Waals surface area contributed by atoms with Gasteiger partial charge >= 0.3 is 0 Å². The summed E-state index contributed by atoms with van der Waals surface area (Å²) in [7, 11) is 0. The van der Waals surface area contributed by atoms with E-state index in [-0.39, 0.29) is 11.9 Å². The Kier molecular flexibility index (Phi) is 5.80. The highest BCUT2D eigenvalue weighted by atomic mass is 35.5. The van der Waals surface area contributed by atoms with E-state index in [9.17, 15) is 4.79 Å². The lowest BCUT2D eigenvalue weighted by atomic mass is 9.81. The summed E-state index contributed by atoms with van der Waals surface area (Å²) in [6.45, 7) is 4.22. The van der Waals surface area contributed by atoms with Gasteiger partial charge in [0.05, 0.1) is 0 Å². The van der Waals surface area contributed by atoms with Crippen LogP contribution >= 0.6 is 11.6 Å². The van der Waals surface area contributed by atoms with Crippen molar-refractivity contribution < 1.29 is 4.79 Å². The standard InChI is InChI=1S/C22H26ClNO/c1-16(2)24(22(25)19-8-12-20(23)13-9-19)21-14-10-18(11-15-21)17-6-4-3-5-7-17/h3-9,12-13,16,18,21H,10-11,14-15H2,1-2H3/t18-,21-. The number of rotatable bonds is 4. The molecular formula is C22H26ClNO. The summed E-state index contributed by atoms with van der Waals surface area (Å²) in [5.74, 6) is 0.743. The second-order valence-electron chi connectivity index (χ2n) is 7.23. The van der Waals surface area contributed by atoms with Crippen LogP contribution in [0.2, 0.25) is 5.02 Å². The van der Waals surface area contributed by atoms with Crippen LogP contribution in [0.1, 0.15) is 61.4 Å². The van der Waals surface area contributed by atoms with Gasteiger partial charge in [0.25, 0.3) is 5.91 Å². The Bertz CT molecular complexity index is 688. The third-order valence-electron chi connectivity index (χ3n) is 5.24. The highest BCUT2D eigenvalue weighted by Crippen LogP contribution is 2.35. The topological polar surface area (TPSA) is 20.3 Å². The summed E-state index contributed by atoms with van der Waals surface area (Å²) < 4.78 is 0. The lowest BCUT2D eigenvalue weighted by Crippen LogP contribution is -2.46. The molecule has 2 aromatic rings. The van der Waals surface area contributed by atoms with E-state index in [1.165, 1.54) is 5.56 Å². The molecule has 1 aliphatic carbocycles. The molecule has 0 bridgehead atoms. The monoisotopic (exact) mass is 355 g/mol. The third kappa shape index (κ3) is 4.24. The molecule has 0 spiro atoms. The predicted molar refractivity (Wildman–Crippen MR) is 104 cm³/mol. The van der Waals surface area contributed by atoms with E-state index >= 15 is 0 Å². The minimum Gasteiger partial charge on any atom is -0.333 e.